The summed E-state index contributed by atoms with van der Waals surface area (Å²) in [5, 5.41) is 10.5. The number of aryl methyl sites for hydroxylation is 1. The maximum atomic E-state index is 11.8. The first-order chi connectivity index (χ1) is 11.2. The van der Waals surface area contributed by atoms with Crippen molar-refractivity contribution in [2.45, 2.75) is 33.1 Å². The Bertz CT molecular complexity index is 931. The Balaban J connectivity index is 2.44. The first-order valence-corrected chi connectivity index (χ1v) is 8.56. The summed E-state index contributed by atoms with van der Waals surface area (Å²) in [7, 11) is 0. The summed E-state index contributed by atoms with van der Waals surface area (Å²) in [5.41, 5.74) is 3.20. The van der Waals surface area contributed by atoms with Crippen molar-refractivity contribution in [2.75, 3.05) is 0 Å². The summed E-state index contributed by atoms with van der Waals surface area (Å²) in [5.74, 6) is -0.176. The third-order valence-electron chi connectivity index (χ3n) is 4.13. The zero-order valence-corrected chi connectivity index (χ0v) is 15.7. The van der Waals surface area contributed by atoms with Gasteiger partial charge in [0, 0.05) is 20.8 Å². The lowest BCUT2D eigenvalue weighted by Gasteiger charge is -2.15. The van der Waals surface area contributed by atoms with Crippen LogP contribution in [0.15, 0.2) is 45.3 Å². The van der Waals surface area contributed by atoms with Crippen molar-refractivity contribution >= 4 is 32.9 Å². The number of halogens is 1. The Kier molecular flexibility index (Phi) is 4.04. The Morgan fingerprint density at radius 1 is 1.17 bits per heavy atom. The fraction of sp³-hybridized carbons (Fsp3) is 0.250. The summed E-state index contributed by atoms with van der Waals surface area (Å²) >= 11 is 3.68. The van der Waals surface area contributed by atoms with Crippen LogP contribution in [0.2, 0.25) is 0 Å². The average molecular weight is 387 g/mol. The second-order valence-electron chi connectivity index (χ2n) is 6.97. The van der Waals surface area contributed by atoms with Crippen LogP contribution < -0.4 is 0 Å². The van der Waals surface area contributed by atoms with Crippen molar-refractivity contribution in [3.8, 4) is 11.1 Å². The Hall–Kier alpha value is -2.07. The van der Waals surface area contributed by atoms with E-state index in [1.54, 1.807) is 6.07 Å². The van der Waals surface area contributed by atoms with Gasteiger partial charge in [-0.2, -0.15) is 0 Å². The zero-order valence-electron chi connectivity index (χ0n) is 14.1. The molecule has 0 spiro atoms. The molecule has 24 heavy (non-hydrogen) atoms. The first kappa shape index (κ1) is 16.8. The quantitative estimate of drug-likeness (QED) is 0.572. The smallest absolute Gasteiger partial charge is 0.339 e. The molecule has 4 heteroatoms. The molecule has 0 saturated heterocycles. The maximum absolute atomic E-state index is 11.8. The number of aromatic carboxylic acids is 1. The minimum atomic E-state index is -0.987. The molecule has 0 fully saturated rings. The third-order valence-corrected chi connectivity index (χ3v) is 4.96. The number of hydrogen-bond acceptors (Lipinski definition) is 2. The van der Waals surface area contributed by atoms with Gasteiger partial charge in [0.25, 0.3) is 0 Å². The molecule has 0 aliphatic heterocycles. The molecule has 1 N–H and O–H groups in total. The number of benzene rings is 2. The molecule has 0 aliphatic rings. The van der Waals surface area contributed by atoms with Gasteiger partial charge in [-0.1, -0.05) is 51.1 Å². The third kappa shape index (κ3) is 2.65. The minimum absolute atomic E-state index is 0.186. The molecule has 1 aromatic heterocycles. The van der Waals surface area contributed by atoms with E-state index in [1.807, 2.05) is 37.3 Å². The van der Waals surface area contributed by atoms with E-state index in [9.17, 15) is 9.90 Å². The van der Waals surface area contributed by atoms with E-state index in [4.69, 9.17) is 4.42 Å². The summed E-state index contributed by atoms with van der Waals surface area (Å²) in [4.78, 5) is 11.8. The van der Waals surface area contributed by atoms with Gasteiger partial charge in [-0.3, -0.25) is 0 Å². The molecule has 0 bridgehead atoms. The number of hydrogen-bond donors (Lipinski definition) is 1. The highest BCUT2D eigenvalue weighted by Crippen LogP contribution is 2.43. The lowest BCUT2D eigenvalue weighted by atomic mass is 9.89. The number of furan rings is 1. The Morgan fingerprint density at radius 2 is 1.79 bits per heavy atom. The van der Waals surface area contributed by atoms with Crippen LogP contribution in [0.3, 0.4) is 0 Å². The molecule has 0 aliphatic carbocycles. The SMILES string of the molecule is Cc1c(C(C)(C)C)oc2c(C(=O)O)cc(-c3ccccc3)c(Br)c12. The van der Waals surface area contributed by atoms with Crippen LogP contribution in [0, 0.1) is 6.92 Å². The number of carboxylic acid groups (broad SMARTS) is 1. The summed E-state index contributed by atoms with van der Waals surface area (Å²) in [6, 6.07) is 11.4. The van der Waals surface area contributed by atoms with Gasteiger partial charge >= 0.3 is 5.97 Å². The van der Waals surface area contributed by atoms with E-state index in [0.29, 0.717) is 5.58 Å². The lowest BCUT2D eigenvalue weighted by Crippen LogP contribution is -2.10. The first-order valence-electron chi connectivity index (χ1n) is 7.76. The largest absolute Gasteiger partial charge is 0.478 e. The normalized spacial score (nSPS) is 11.9. The van der Waals surface area contributed by atoms with E-state index in [1.165, 1.54) is 0 Å². The number of carbonyl (C=O) groups is 1. The van der Waals surface area contributed by atoms with Gasteiger partial charge in [0.05, 0.1) is 0 Å². The highest BCUT2D eigenvalue weighted by molar-refractivity contribution is 9.10. The van der Waals surface area contributed by atoms with Crippen LogP contribution in [-0.4, -0.2) is 11.1 Å². The van der Waals surface area contributed by atoms with Gasteiger partial charge in [0.2, 0.25) is 0 Å². The molecule has 0 saturated carbocycles. The molecule has 3 nitrogen and oxygen atoms in total. The van der Waals surface area contributed by atoms with Crippen LogP contribution in [0.1, 0.15) is 42.5 Å². The van der Waals surface area contributed by atoms with Crippen LogP contribution in [-0.2, 0) is 5.41 Å². The minimum Gasteiger partial charge on any atom is -0.478 e. The molecular weight excluding hydrogens is 368 g/mol. The number of rotatable bonds is 2. The van der Waals surface area contributed by atoms with E-state index in [2.05, 4.69) is 36.7 Å². The van der Waals surface area contributed by atoms with Gasteiger partial charge in [-0.05, 0) is 40.0 Å². The molecule has 0 radical (unpaired) electrons. The monoisotopic (exact) mass is 386 g/mol. The van der Waals surface area contributed by atoms with Crippen LogP contribution in [0.25, 0.3) is 22.1 Å². The zero-order chi connectivity index (χ0) is 17.6. The second kappa shape index (κ2) is 5.78. The summed E-state index contributed by atoms with van der Waals surface area (Å²) < 4.78 is 6.88. The second-order valence-corrected chi connectivity index (χ2v) is 7.76. The summed E-state index contributed by atoms with van der Waals surface area (Å²) in [6.45, 7) is 8.16. The predicted octanol–water partition coefficient (Wildman–Crippen LogP) is 6.17. The van der Waals surface area contributed by atoms with Gasteiger partial charge in [0.1, 0.15) is 16.9 Å². The topological polar surface area (TPSA) is 50.4 Å². The molecule has 0 atom stereocenters. The molecule has 2 aromatic carbocycles. The van der Waals surface area contributed by atoms with E-state index < -0.39 is 5.97 Å². The van der Waals surface area contributed by atoms with Crippen molar-refractivity contribution in [1.29, 1.82) is 0 Å². The van der Waals surface area contributed by atoms with Crippen molar-refractivity contribution in [3.05, 3.63) is 57.8 Å². The molecule has 3 aromatic rings. The summed E-state index contributed by atoms with van der Waals surface area (Å²) in [6.07, 6.45) is 0. The van der Waals surface area contributed by atoms with E-state index >= 15 is 0 Å². The standard InChI is InChI=1S/C20H19BrO3/c1-11-15-16(21)13(12-8-6-5-7-9-12)10-14(19(22)23)17(15)24-18(11)20(2,3)4/h5-10H,1-4H3,(H,22,23). The van der Waals surface area contributed by atoms with Crippen LogP contribution in [0.4, 0.5) is 0 Å². The lowest BCUT2D eigenvalue weighted by molar-refractivity contribution is 0.0697. The van der Waals surface area contributed by atoms with Crippen LogP contribution >= 0.6 is 15.9 Å². The molecule has 124 valence electrons. The molecule has 0 unspecified atom stereocenters. The predicted molar refractivity (Wildman–Crippen MR) is 99.7 cm³/mol. The average Bonchev–Trinajstić information content (AvgIpc) is 2.86. The molecule has 1 heterocycles. The van der Waals surface area contributed by atoms with E-state index in [0.717, 1.165) is 32.3 Å². The van der Waals surface area contributed by atoms with Crippen LogP contribution in [0.5, 0.6) is 0 Å². The van der Waals surface area contributed by atoms with Crippen molar-refractivity contribution in [2.24, 2.45) is 0 Å². The maximum Gasteiger partial charge on any atom is 0.339 e. The highest BCUT2D eigenvalue weighted by atomic mass is 79.9. The highest BCUT2D eigenvalue weighted by Gasteiger charge is 2.28. The fourth-order valence-electron chi connectivity index (χ4n) is 3.08. The molecule has 3 rings (SSSR count). The van der Waals surface area contributed by atoms with Gasteiger partial charge in [-0.15, -0.1) is 0 Å². The van der Waals surface area contributed by atoms with Crippen molar-refractivity contribution < 1.29 is 14.3 Å². The van der Waals surface area contributed by atoms with Gasteiger partial charge in [-0.25, -0.2) is 4.79 Å². The van der Waals surface area contributed by atoms with Crippen molar-refractivity contribution in [3.63, 3.8) is 0 Å². The fourth-order valence-corrected chi connectivity index (χ4v) is 3.90. The van der Waals surface area contributed by atoms with Gasteiger partial charge in [0.15, 0.2) is 0 Å². The number of carboxylic acids is 1. The van der Waals surface area contributed by atoms with Gasteiger partial charge < -0.3 is 9.52 Å². The Labute approximate surface area is 149 Å². The van der Waals surface area contributed by atoms with Crippen molar-refractivity contribution in [1.82, 2.24) is 0 Å². The number of fused-ring (bicyclic) bond motifs is 1. The Morgan fingerprint density at radius 3 is 2.33 bits per heavy atom. The molecular formula is C20H19BrO3. The molecule has 0 amide bonds. The van der Waals surface area contributed by atoms with E-state index in [-0.39, 0.29) is 11.0 Å².